The predicted octanol–water partition coefficient (Wildman–Crippen LogP) is 1.12. The van der Waals surface area contributed by atoms with Crippen LogP contribution in [0, 0.1) is 3.57 Å². The smallest absolute Gasteiger partial charge is 0.323 e. The van der Waals surface area contributed by atoms with E-state index < -0.39 is 72.8 Å². The highest BCUT2D eigenvalue weighted by atomic mass is 127. The van der Waals surface area contributed by atoms with E-state index in [4.69, 9.17) is 29.2 Å². The molecule has 1 rings (SSSR count). The van der Waals surface area contributed by atoms with Gasteiger partial charge in [0.15, 0.2) is 0 Å². The number of carbonyl (C=O) groups is 8. The van der Waals surface area contributed by atoms with Gasteiger partial charge >= 0.3 is 35.8 Å². The summed E-state index contributed by atoms with van der Waals surface area (Å²) in [4.78, 5) is 89.1. The van der Waals surface area contributed by atoms with E-state index in [0.717, 1.165) is 9.80 Å². The van der Waals surface area contributed by atoms with Crippen molar-refractivity contribution in [3.63, 3.8) is 0 Å². The summed E-state index contributed by atoms with van der Waals surface area (Å²) in [5.74, 6) is -5.79. The van der Waals surface area contributed by atoms with Crippen LogP contribution < -0.4 is 0 Å². The topological polar surface area (TPSA) is 220 Å². The zero-order valence-electron chi connectivity index (χ0n) is 25.8. The number of hydrogen-bond donors (Lipinski definition) is 2. The van der Waals surface area contributed by atoms with E-state index in [1.54, 1.807) is 0 Å². The average molecular weight is 755 g/mol. The minimum atomic E-state index is -1.22. The molecule has 0 atom stereocenters. The van der Waals surface area contributed by atoms with E-state index in [1.807, 2.05) is 18.2 Å². The van der Waals surface area contributed by atoms with Crippen LogP contribution in [0.3, 0.4) is 0 Å². The normalized spacial score (nSPS) is 9.71. The van der Waals surface area contributed by atoms with Crippen molar-refractivity contribution in [3.8, 4) is 0 Å². The maximum absolute atomic E-state index is 11.4. The second-order valence-electron chi connectivity index (χ2n) is 8.89. The van der Waals surface area contributed by atoms with Crippen LogP contribution in [0.2, 0.25) is 0 Å². The van der Waals surface area contributed by atoms with Crippen LogP contribution in [-0.4, -0.2) is 119 Å². The summed E-state index contributed by atoms with van der Waals surface area (Å²) in [6, 6.07) is 8.55. The van der Waals surface area contributed by atoms with Crippen LogP contribution in [0.1, 0.15) is 41.5 Å². The number of hydrogen-bond acceptors (Lipinski definition) is 12. The number of ether oxygens (including phenoxy) is 4. The molecule has 17 heteroatoms. The predicted molar refractivity (Wildman–Crippen MR) is 163 cm³/mol. The van der Waals surface area contributed by atoms with Gasteiger partial charge in [0.05, 0.1) is 0 Å². The van der Waals surface area contributed by atoms with Crippen molar-refractivity contribution < 1.29 is 67.5 Å². The minimum Gasteiger partial charge on any atom is -0.480 e. The fourth-order valence-electron chi connectivity index (χ4n) is 3.01. The lowest BCUT2D eigenvalue weighted by molar-refractivity contribution is -0.155. The second-order valence-corrected chi connectivity index (χ2v) is 10.1. The molecule has 0 bridgehead atoms. The molecule has 0 aliphatic carbocycles. The molecular formula is C28H39IN2O14. The molecule has 0 saturated heterocycles. The zero-order chi connectivity index (χ0) is 35.1. The molecule has 1 aromatic rings. The number of carboxylic acid groups (broad SMARTS) is 2. The molecule has 0 spiro atoms. The molecule has 0 aliphatic rings. The summed E-state index contributed by atoms with van der Waals surface area (Å²) < 4.78 is 20.2. The second kappa shape index (κ2) is 24.1. The maximum atomic E-state index is 11.4. The van der Waals surface area contributed by atoms with Gasteiger partial charge in [0, 0.05) is 45.1 Å². The standard InChI is InChI=1S/2C11H17NO7.C6H5I/c2*1-7(13)12(4-11(16)17)10(5-18-8(2)14)6-19-9(3)15;7-6-4-2-1-3-5-6/h2*10H,4-6H2,1-3H3,(H,16,17);1-5H. The highest BCUT2D eigenvalue weighted by molar-refractivity contribution is 14.1. The Kier molecular flexibility index (Phi) is 22.9. The highest BCUT2D eigenvalue weighted by Gasteiger charge is 2.26. The number of halogens is 1. The third kappa shape index (κ3) is 24.8. The lowest BCUT2D eigenvalue weighted by Gasteiger charge is -2.28. The molecule has 0 radical (unpaired) electrons. The molecule has 0 saturated carbocycles. The van der Waals surface area contributed by atoms with E-state index in [9.17, 15) is 38.4 Å². The first kappa shape index (κ1) is 42.8. The van der Waals surface area contributed by atoms with Crippen LogP contribution >= 0.6 is 22.6 Å². The van der Waals surface area contributed by atoms with E-state index >= 15 is 0 Å². The Labute approximate surface area is 274 Å². The molecule has 0 aromatic heterocycles. The number of amides is 2. The molecule has 2 N–H and O–H groups in total. The molecule has 16 nitrogen and oxygen atoms in total. The molecule has 252 valence electrons. The maximum Gasteiger partial charge on any atom is 0.323 e. The molecule has 0 unspecified atom stereocenters. The quantitative estimate of drug-likeness (QED) is 0.155. The number of esters is 4. The summed E-state index contributed by atoms with van der Waals surface area (Å²) in [5, 5.41) is 17.5. The van der Waals surface area contributed by atoms with Crippen molar-refractivity contribution in [1.82, 2.24) is 9.80 Å². The van der Waals surface area contributed by atoms with E-state index in [0.29, 0.717) is 0 Å². The van der Waals surface area contributed by atoms with Gasteiger partial charge in [-0.1, -0.05) is 18.2 Å². The van der Waals surface area contributed by atoms with E-state index in [2.05, 4.69) is 34.7 Å². The van der Waals surface area contributed by atoms with Crippen molar-refractivity contribution in [1.29, 1.82) is 0 Å². The highest BCUT2D eigenvalue weighted by Crippen LogP contribution is 2.05. The lowest BCUT2D eigenvalue weighted by atomic mass is 10.2. The first-order valence-corrected chi connectivity index (χ1v) is 14.2. The number of carboxylic acids is 2. The van der Waals surface area contributed by atoms with Gasteiger partial charge in [0.1, 0.15) is 51.6 Å². The Morgan fingerprint density at radius 3 is 1.00 bits per heavy atom. The monoisotopic (exact) mass is 754 g/mol. The first-order valence-electron chi connectivity index (χ1n) is 13.1. The Bertz CT molecular complexity index is 1040. The van der Waals surface area contributed by atoms with Crippen LogP contribution in [0.4, 0.5) is 0 Å². The van der Waals surface area contributed by atoms with Crippen molar-refractivity contribution in [3.05, 3.63) is 33.9 Å². The number of rotatable bonds is 14. The molecule has 0 fully saturated rings. The van der Waals surface area contributed by atoms with E-state index in [-0.39, 0.29) is 26.4 Å². The van der Waals surface area contributed by atoms with Crippen molar-refractivity contribution in [2.24, 2.45) is 0 Å². The van der Waals surface area contributed by atoms with Crippen LogP contribution in [0.15, 0.2) is 30.3 Å². The SMILES string of the molecule is CC(=O)OCC(COC(C)=O)N(CC(=O)O)C(C)=O.CC(=O)OCC(COC(C)=O)N(CC(=O)O)C(C)=O.Ic1ccccc1. The molecule has 45 heavy (non-hydrogen) atoms. The summed E-state index contributed by atoms with van der Waals surface area (Å²) >= 11 is 2.28. The molecule has 0 heterocycles. The number of carbonyl (C=O) groups excluding carboxylic acids is 6. The fraction of sp³-hybridized carbons (Fsp3) is 0.500. The van der Waals surface area contributed by atoms with Crippen molar-refractivity contribution in [2.45, 2.75) is 53.6 Å². The lowest BCUT2D eigenvalue weighted by Crippen LogP contribution is -2.47. The largest absolute Gasteiger partial charge is 0.480 e. The Morgan fingerprint density at radius 2 is 0.844 bits per heavy atom. The van der Waals surface area contributed by atoms with Gasteiger partial charge in [-0.25, -0.2) is 0 Å². The Morgan fingerprint density at radius 1 is 0.578 bits per heavy atom. The summed E-state index contributed by atoms with van der Waals surface area (Å²) in [6.07, 6.45) is 0. The van der Waals surface area contributed by atoms with Gasteiger partial charge in [-0.05, 0) is 34.7 Å². The summed E-state index contributed by atoms with van der Waals surface area (Å²) in [7, 11) is 0. The summed E-state index contributed by atoms with van der Waals surface area (Å²) in [6.45, 7) is 4.97. The first-order chi connectivity index (χ1) is 20.9. The van der Waals surface area contributed by atoms with Crippen LogP contribution in [0.5, 0.6) is 0 Å². The zero-order valence-corrected chi connectivity index (χ0v) is 28.0. The average Bonchev–Trinajstić information content (AvgIpc) is 2.91. The molecule has 2 amide bonds. The van der Waals surface area contributed by atoms with Crippen LogP contribution in [0.25, 0.3) is 0 Å². The van der Waals surface area contributed by atoms with Crippen molar-refractivity contribution >= 4 is 70.2 Å². The number of aliphatic carboxylic acids is 2. The summed E-state index contributed by atoms with van der Waals surface area (Å²) in [5.41, 5.74) is 0. The molecule has 0 aliphatic heterocycles. The van der Waals surface area contributed by atoms with Crippen molar-refractivity contribution in [2.75, 3.05) is 39.5 Å². The third-order valence-electron chi connectivity index (χ3n) is 4.95. The Hall–Kier alpha value is -4.29. The van der Waals surface area contributed by atoms with E-state index in [1.165, 1.54) is 45.1 Å². The minimum absolute atomic E-state index is 0.241. The Balaban J connectivity index is 0. The fourth-order valence-corrected chi connectivity index (χ4v) is 3.43. The van der Waals surface area contributed by atoms with Gasteiger partial charge in [-0.15, -0.1) is 0 Å². The molecular weight excluding hydrogens is 715 g/mol. The molecule has 1 aromatic carbocycles. The number of benzene rings is 1. The van der Waals surface area contributed by atoms with Gasteiger partial charge in [0.25, 0.3) is 0 Å². The van der Waals surface area contributed by atoms with Gasteiger partial charge < -0.3 is 39.0 Å². The third-order valence-corrected chi connectivity index (χ3v) is 5.67. The number of nitrogens with zero attached hydrogens (tertiary/aromatic N) is 2. The van der Waals surface area contributed by atoms with Gasteiger partial charge in [-0.2, -0.15) is 0 Å². The van der Waals surface area contributed by atoms with Crippen LogP contribution in [-0.2, 0) is 57.3 Å². The van der Waals surface area contributed by atoms with Gasteiger partial charge in [-0.3, -0.25) is 38.4 Å². The van der Waals surface area contributed by atoms with Gasteiger partial charge in [0.2, 0.25) is 11.8 Å².